The Morgan fingerprint density at radius 2 is 2.05 bits per heavy atom. The van der Waals surface area contributed by atoms with Crippen LogP contribution in [0.25, 0.3) is 0 Å². The van der Waals surface area contributed by atoms with Crippen LogP contribution >= 0.6 is 0 Å². The lowest BCUT2D eigenvalue weighted by Gasteiger charge is -2.42. The highest BCUT2D eigenvalue weighted by atomic mass is 16.5. The van der Waals surface area contributed by atoms with Crippen molar-refractivity contribution in [2.45, 2.75) is 51.7 Å². The molecule has 1 aliphatic heterocycles. The van der Waals surface area contributed by atoms with Gasteiger partial charge in [-0.15, -0.1) is 0 Å². The predicted octanol–water partition coefficient (Wildman–Crippen LogP) is 3.78. The minimum atomic E-state index is -0.620. The van der Waals surface area contributed by atoms with E-state index in [0.29, 0.717) is 5.75 Å². The van der Waals surface area contributed by atoms with E-state index in [9.17, 15) is 5.11 Å². The molecule has 1 unspecified atom stereocenters. The van der Waals surface area contributed by atoms with Gasteiger partial charge < -0.3 is 9.84 Å². The number of rotatable bonds is 8. The van der Waals surface area contributed by atoms with Crippen LogP contribution in [0.5, 0.6) is 11.5 Å². The first-order chi connectivity index (χ1) is 10.7. The summed E-state index contributed by atoms with van der Waals surface area (Å²) in [5.41, 5.74) is 2.52. The molecule has 0 spiro atoms. The fourth-order valence-electron chi connectivity index (χ4n) is 2.59. The lowest BCUT2D eigenvalue weighted by molar-refractivity contribution is -0.120. The first kappa shape index (κ1) is 16.2. The lowest BCUT2D eigenvalue weighted by atomic mass is 10.00. The smallest absolute Gasteiger partial charge is 0.217 e. The van der Waals surface area contributed by atoms with Gasteiger partial charge in [-0.3, -0.25) is 5.43 Å². The minimum absolute atomic E-state index is 0.149. The first-order valence-electron chi connectivity index (χ1n) is 7.94. The number of nitrogens with zero attached hydrogens (tertiary/aromatic N) is 2. The maximum absolute atomic E-state index is 10.0. The van der Waals surface area contributed by atoms with Crippen LogP contribution in [-0.4, -0.2) is 22.2 Å². The van der Waals surface area contributed by atoms with Gasteiger partial charge >= 0.3 is 0 Å². The summed E-state index contributed by atoms with van der Waals surface area (Å²) in [4.78, 5) is 0. The number of ether oxygens (including phenoxy) is 1. The van der Waals surface area contributed by atoms with Crippen molar-refractivity contribution in [1.82, 2.24) is 10.5 Å². The van der Waals surface area contributed by atoms with E-state index in [-0.39, 0.29) is 5.75 Å². The van der Waals surface area contributed by atoms with E-state index in [1.807, 2.05) is 18.3 Å². The SMILES string of the molecule is CCCCC(CCC)(Oc1ccccc1O)N1N=CC=CN1. The van der Waals surface area contributed by atoms with E-state index >= 15 is 0 Å². The molecule has 0 bridgehead atoms. The van der Waals surface area contributed by atoms with E-state index in [0.717, 1.165) is 32.1 Å². The zero-order chi connectivity index (χ0) is 15.8. The van der Waals surface area contributed by atoms with E-state index in [1.165, 1.54) is 0 Å². The van der Waals surface area contributed by atoms with Crippen LogP contribution in [0.1, 0.15) is 46.0 Å². The summed E-state index contributed by atoms with van der Waals surface area (Å²) in [7, 11) is 0. The van der Waals surface area contributed by atoms with Gasteiger partial charge in [-0.2, -0.15) is 10.2 Å². The van der Waals surface area contributed by atoms with Gasteiger partial charge in [0.05, 0.1) is 6.21 Å². The van der Waals surface area contributed by atoms with Gasteiger partial charge in [0.2, 0.25) is 5.72 Å². The van der Waals surface area contributed by atoms with Crippen molar-refractivity contribution in [2.75, 3.05) is 0 Å². The second-order valence-electron chi connectivity index (χ2n) is 5.43. The molecule has 22 heavy (non-hydrogen) atoms. The number of nitrogens with one attached hydrogen (secondary N) is 1. The van der Waals surface area contributed by atoms with Gasteiger partial charge in [0.15, 0.2) is 11.5 Å². The fourth-order valence-corrected chi connectivity index (χ4v) is 2.59. The number of hydrogen-bond acceptors (Lipinski definition) is 5. The van der Waals surface area contributed by atoms with Crippen molar-refractivity contribution in [3.63, 3.8) is 0 Å². The summed E-state index contributed by atoms with van der Waals surface area (Å²) in [6, 6.07) is 7.07. The van der Waals surface area contributed by atoms with Gasteiger partial charge in [-0.1, -0.05) is 38.8 Å². The zero-order valence-corrected chi connectivity index (χ0v) is 13.3. The molecule has 0 saturated carbocycles. The Balaban J connectivity index is 2.31. The second kappa shape index (κ2) is 7.73. The summed E-state index contributed by atoms with van der Waals surface area (Å²) in [6.45, 7) is 4.28. The summed E-state index contributed by atoms with van der Waals surface area (Å²) in [6.07, 6.45) is 10.1. The number of hydrazone groups is 1. The molecule has 0 radical (unpaired) electrons. The average Bonchev–Trinajstić information content (AvgIpc) is 2.56. The quantitative estimate of drug-likeness (QED) is 0.767. The standard InChI is InChI=1S/C17H25N3O2/c1-3-5-12-17(11-4-2,20-18-13-8-14-19-20)22-16-10-7-6-9-15(16)21/h6-10,13-14,18,21H,3-5,11-12H2,1-2H3. The predicted molar refractivity (Wildman–Crippen MR) is 88.5 cm³/mol. The normalized spacial score (nSPS) is 16.2. The number of hydrazine groups is 1. The number of benzene rings is 1. The molecule has 5 heteroatoms. The van der Waals surface area contributed by atoms with Crippen LogP contribution in [0, 0.1) is 0 Å². The fraction of sp³-hybridized carbons (Fsp3) is 0.471. The summed E-state index contributed by atoms with van der Waals surface area (Å²) in [5, 5.41) is 16.2. The van der Waals surface area contributed by atoms with Crippen molar-refractivity contribution in [3.05, 3.63) is 36.5 Å². The minimum Gasteiger partial charge on any atom is -0.504 e. The molecule has 1 aliphatic rings. The topological polar surface area (TPSA) is 57.1 Å². The average molecular weight is 303 g/mol. The molecule has 120 valence electrons. The molecule has 0 aliphatic carbocycles. The molecule has 0 saturated heterocycles. The van der Waals surface area contributed by atoms with Crippen LogP contribution in [0.4, 0.5) is 0 Å². The number of para-hydroxylation sites is 2. The first-order valence-corrected chi connectivity index (χ1v) is 7.94. The lowest BCUT2D eigenvalue weighted by Crippen LogP contribution is -2.55. The van der Waals surface area contributed by atoms with Crippen LogP contribution in [0.2, 0.25) is 0 Å². The van der Waals surface area contributed by atoms with Crippen molar-refractivity contribution in [2.24, 2.45) is 5.10 Å². The monoisotopic (exact) mass is 303 g/mol. The number of aromatic hydroxyl groups is 1. The molecule has 0 aromatic heterocycles. The Kier molecular flexibility index (Phi) is 5.69. The third kappa shape index (κ3) is 3.72. The van der Waals surface area contributed by atoms with Crippen LogP contribution in [0.3, 0.4) is 0 Å². The number of phenolic OH excluding ortho intramolecular Hbond substituents is 1. The number of allylic oxidation sites excluding steroid dienone is 1. The number of unbranched alkanes of at least 4 members (excludes halogenated alkanes) is 1. The second-order valence-corrected chi connectivity index (χ2v) is 5.43. The molecular weight excluding hydrogens is 278 g/mol. The van der Waals surface area contributed by atoms with Crippen molar-refractivity contribution in [3.8, 4) is 11.5 Å². The molecular formula is C17H25N3O2. The Labute approximate surface area is 132 Å². The third-order valence-electron chi connectivity index (χ3n) is 3.67. The highest BCUT2D eigenvalue weighted by Crippen LogP contribution is 2.35. The molecule has 2 N–H and O–H groups in total. The molecule has 0 amide bonds. The van der Waals surface area contributed by atoms with Crippen molar-refractivity contribution >= 4 is 6.21 Å². The Bertz CT molecular complexity index is 530. The highest BCUT2D eigenvalue weighted by molar-refractivity contribution is 5.71. The summed E-state index contributed by atoms with van der Waals surface area (Å²) in [5.74, 6) is 0.634. The highest BCUT2D eigenvalue weighted by Gasteiger charge is 2.39. The van der Waals surface area contributed by atoms with Crippen molar-refractivity contribution < 1.29 is 9.84 Å². The van der Waals surface area contributed by atoms with Crippen LogP contribution in [-0.2, 0) is 0 Å². The van der Waals surface area contributed by atoms with Gasteiger partial charge in [0.25, 0.3) is 0 Å². The Hall–Kier alpha value is -2.17. The zero-order valence-electron chi connectivity index (χ0n) is 13.3. The van der Waals surface area contributed by atoms with Gasteiger partial charge in [-0.25, -0.2) is 0 Å². The van der Waals surface area contributed by atoms with Crippen molar-refractivity contribution in [1.29, 1.82) is 0 Å². The number of hydrogen-bond donors (Lipinski definition) is 2. The Morgan fingerprint density at radius 1 is 1.23 bits per heavy atom. The molecule has 1 atom stereocenters. The Morgan fingerprint density at radius 3 is 2.68 bits per heavy atom. The van der Waals surface area contributed by atoms with E-state index in [4.69, 9.17) is 4.74 Å². The summed E-state index contributed by atoms with van der Waals surface area (Å²) < 4.78 is 6.28. The van der Waals surface area contributed by atoms with E-state index in [2.05, 4.69) is 24.4 Å². The molecule has 1 heterocycles. The molecule has 5 nitrogen and oxygen atoms in total. The van der Waals surface area contributed by atoms with Crippen LogP contribution < -0.4 is 10.2 Å². The number of phenols is 1. The maximum Gasteiger partial charge on any atom is 0.217 e. The van der Waals surface area contributed by atoms with Crippen LogP contribution in [0.15, 0.2) is 41.6 Å². The summed E-state index contributed by atoms with van der Waals surface area (Å²) >= 11 is 0. The van der Waals surface area contributed by atoms with Gasteiger partial charge in [0, 0.05) is 19.0 Å². The van der Waals surface area contributed by atoms with Gasteiger partial charge in [-0.05, 0) is 24.6 Å². The molecule has 1 aromatic rings. The maximum atomic E-state index is 10.0. The molecule has 2 rings (SSSR count). The van der Waals surface area contributed by atoms with E-state index < -0.39 is 5.72 Å². The molecule has 1 aromatic carbocycles. The van der Waals surface area contributed by atoms with Gasteiger partial charge in [0.1, 0.15) is 0 Å². The third-order valence-corrected chi connectivity index (χ3v) is 3.67. The van der Waals surface area contributed by atoms with E-state index in [1.54, 1.807) is 29.5 Å². The molecule has 0 fully saturated rings. The largest absolute Gasteiger partial charge is 0.504 e.